The molecule has 0 atom stereocenters. The van der Waals surface area contributed by atoms with Crippen LogP contribution in [-0.4, -0.2) is 31.3 Å². The Morgan fingerprint density at radius 3 is 1.68 bits per heavy atom. The Balaban J connectivity index is 1.91. The smallest absolute Gasteiger partial charge is 0.203 e. The Labute approximate surface area is 197 Å². The van der Waals surface area contributed by atoms with E-state index in [1.165, 1.54) is 0 Å². The molecule has 0 saturated carbocycles. The summed E-state index contributed by atoms with van der Waals surface area (Å²) in [4.78, 5) is 8.45. The molecule has 0 aliphatic heterocycles. The van der Waals surface area contributed by atoms with Crippen molar-refractivity contribution in [1.82, 2.24) is 9.97 Å². The number of nitrogens with one attached hydrogen (secondary N) is 1. The number of benzene rings is 3. The van der Waals surface area contributed by atoms with Crippen LogP contribution >= 0.6 is 31.9 Å². The predicted molar refractivity (Wildman–Crippen MR) is 130 cm³/mol. The van der Waals surface area contributed by atoms with Crippen molar-refractivity contribution in [1.29, 1.82) is 0 Å². The molecule has 0 radical (unpaired) electrons. The Bertz CT molecular complexity index is 1110. The van der Waals surface area contributed by atoms with Crippen LogP contribution in [0.2, 0.25) is 0 Å². The van der Waals surface area contributed by atoms with Crippen LogP contribution in [0, 0.1) is 0 Å². The number of ether oxygens (including phenoxy) is 3. The molecule has 0 spiro atoms. The fourth-order valence-electron chi connectivity index (χ4n) is 3.37. The van der Waals surface area contributed by atoms with Crippen molar-refractivity contribution in [3.05, 3.63) is 69.6 Å². The number of hydrogen-bond donors (Lipinski definition) is 1. The van der Waals surface area contributed by atoms with E-state index in [2.05, 4.69) is 49.0 Å². The molecule has 7 heteroatoms. The van der Waals surface area contributed by atoms with Crippen molar-refractivity contribution in [2.24, 2.45) is 0 Å². The van der Waals surface area contributed by atoms with E-state index < -0.39 is 0 Å². The van der Waals surface area contributed by atoms with Crippen LogP contribution in [-0.2, 0) is 0 Å². The fraction of sp³-hybridized carbons (Fsp3) is 0.125. The maximum atomic E-state index is 5.52. The van der Waals surface area contributed by atoms with Gasteiger partial charge in [0.05, 0.1) is 32.7 Å². The summed E-state index contributed by atoms with van der Waals surface area (Å²) in [5, 5.41) is 0. The number of nitrogens with zero attached hydrogens (tertiary/aromatic N) is 1. The number of H-pyrrole nitrogens is 1. The van der Waals surface area contributed by atoms with E-state index in [1.54, 1.807) is 21.3 Å². The number of imidazole rings is 1. The van der Waals surface area contributed by atoms with Crippen molar-refractivity contribution in [3.63, 3.8) is 0 Å². The molecule has 0 aliphatic rings. The van der Waals surface area contributed by atoms with Crippen molar-refractivity contribution in [2.75, 3.05) is 21.3 Å². The van der Waals surface area contributed by atoms with Crippen LogP contribution < -0.4 is 14.2 Å². The molecule has 0 amide bonds. The second-order valence-corrected chi connectivity index (χ2v) is 8.57. The average Bonchev–Trinajstić information content (AvgIpc) is 3.24. The molecule has 0 saturated heterocycles. The summed E-state index contributed by atoms with van der Waals surface area (Å²) < 4.78 is 18.5. The molecular weight excluding hydrogens is 524 g/mol. The molecule has 1 N–H and O–H groups in total. The Hall–Kier alpha value is -2.77. The quantitative estimate of drug-likeness (QED) is 0.285. The fourth-order valence-corrected chi connectivity index (χ4v) is 3.90. The molecule has 158 valence electrons. The highest BCUT2D eigenvalue weighted by atomic mass is 79.9. The molecule has 4 rings (SSSR count). The zero-order valence-electron chi connectivity index (χ0n) is 17.2. The van der Waals surface area contributed by atoms with Gasteiger partial charge in [0.15, 0.2) is 11.5 Å². The van der Waals surface area contributed by atoms with Gasteiger partial charge in [-0.05, 0) is 36.4 Å². The highest BCUT2D eigenvalue weighted by molar-refractivity contribution is 9.10. The number of halogens is 2. The van der Waals surface area contributed by atoms with Gasteiger partial charge in [0.1, 0.15) is 5.82 Å². The first-order chi connectivity index (χ1) is 15.0. The summed E-state index contributed by atoms with van der Waals surface area (Å²) in [5.41, 5.74) is 4.66. The van der Waals surface area contributed by atoms with E-state index in [1.807, 2.05) is 48.5 Å². The van der Waals surface area contributed by atoms with Crippen LogP contribution in [0.1, 0.15) is 0 Å². The highest BCUT2D eigenvalue weighted by Crippen LogP contribution is 2.42. The van der Waals surface area contributed by atoms with Crippen LogP contribution in [0.15, 0.2) is 69.6 Å². The predicted octanol–water partition coefficient (Wildman–Crippen LogP) is 6.96. The number of hydrogen-bond acceptors (Lipinski definition) is 4. The van der Waals surface area contributed by atoms with Gasteiger partial charge in [-0.3, -0.25) is 0 Å². The number of aromatic nitrogens is 2. The maximum Gasteiger partial charge on any atom is 0.203 e. The monoisotopic (exact) mass is 542 g/mol. The van der Waals surface area contributed by atoms with Crippen molar-refractivity contribution in [2.45, 2.75) is 0 Å². The molecule has 1 aromatic heterocycles. The molecule has 31 heavy (non-hydrogen) atoms. The first-order valence-electron chi connectivity index (χ1n) is 9.46. The number of methoxy groups -OCH3 is 3. The van der Waals surface area contributed by atoms with E-state index >= 15 is 0 Å². The van der Waals surface area contributed by atoms with Gasteiger partial charge in [-0.15, -0.1) is 0 Å². The lowest BCUT2D eigenvalue weighted by atomic mass is 10.1. The van der Waals surface area contributed by atoms with E-state index in [4.69, 9.17) is 19.2 Å². The second-order valence-electron chi connectivity index (χ2n) is 6.74. The van der Waals surface area contributed by atoms with Gasteiger partial charge in [-0.2, -0.15) is 0 Å². The molecular formula is C24H20Br2N2O3. The third kappa shape index (κ3) is 4.34. The van der Waals surface area contributed by atoms with Crippen LogP contribution in [0.5, 0.6) is 17.2 Å². The molecule has 3 aromatic carbocycles. The zero-order valence-corrected chi connectivity index (χ0v) is 20.4. The molecule has 0 unspecified atom stereocenters. The van der Waals surface area contributed by atoms with Crippen LogP contribution in [0.3, 0.4) is 0 Å². The van der Waals surface area contributed by atoms with Gasteiger partial charge in [-0.25, -0.2) is 4.98 Å². The van der Waals surface area contributed by atoms with Crippen LogP contribution in [0.4, 0.5) is 0 Å². The molecule has 5 nitrogen and oxygen atoms in total. The summed E-state index contributed by atoms with van der Waals surface area (Å²) in [6.45, 7) is 0. The van der Waals surface area contributed by atoms with Crippen molar-refractivity contribution < 1.29 is 14.2 Å². The number of aromatic amines is 1. The number of rotatable bonds is 6. The van der Waals surface area contributed by atoms with E-state index in [9.17, 15) is 0 Å². The average molecular weight is 544 g/mol. The largest absolute Gasteiger partial charge is 0.493 e. The molecule has 0 fully saturated rings. The molecule has 1 heterocycles. The highest BCUT2D eigenvalue weighted by Gasteiger charge is 2.19. The summed E-state index contributed by atoms with van der Waals surface area (Å²) in [6, 6.07) is 20.0. The molecule has 0 bridgehead atoms. The van der Waals surface area contributed by atoms with E-state index in [-0.39, 0.29) is 0 Å². The minimum absolute atomic E-state index is 0.543. The molecule has 0 aliphatic carbocycles. The summed E-state index contributed by atoms with van der Waals surface area (Å²) in [5.74, 6) is 2.39. The van der Waals surface area contributed by atoms with Crippen molar-refractivity contribution in [3.8, 4) is 51.2 Å². The Morgan fingerprint density at radius 1 is 0.677 bits per heavy atom. The summed E-state index contributed by atoms with van der Waals surface area (Å²) in [7, 11) is 4.79. The van der Waals surface area contributed by atoms with Crippen molar-refractivity contribution >= 4 is 31.9 Å². The minimum Gasteiger partial charge on any atom is -0.493 e. The maximum absolute atomic E-state index is 5.52. The lowest BCUT2D eigenvalue weighted by Gasteiger charge is -2.13. The Kier molecular flexibility index (Phi) is 6.34. The SMILES string of the molecule is COc1cc(-c2nc(-c3ccc(Br)cc3)c(-c3ccc(Br)cc3)[nH]2)cc(OC)c1OC. The van der Waals surface area contributed by atoms with Gasteiger partial charge in [0, 0.05) is 25.6 Å². The summed E-state index contributed by atoms with van der Waals surface area (Å²) >= 11 is 7.01. The summed E-state index contributed by atoms with van der Waals surface area (Å²) in [6.07, 6.45) is 0. The zero-order chi connectivity index (χ0) is 22.0. The second kappa shape index (κ2) is 9.16. The topological polar surface area (TPSA) is 56.4 Å². The van der Waals surface area contributed by atoms with Gasteiger partial charge in [0.2, 0.25) is 5.75 Å². The van der Waals surface area contributed by atoms with E-state index in [0.29, 0.717) is 23.1 Å². The molecule has 4 aromatic rings. The van der Waals surface area contributed by atoms with Gasteiger partial charge in [0.25, 0.3) is 0 Å². The first-order valence-corrected chi connectivity index (χ1v) is 11.0. The Morgan fingerprint density at radius 2 is 1.19 bits per heavy atom. The lowest BCUT2D eigenvalue weighted by molar-refractivity contribution is 0.324. The van der Waals surface area contributed by atoms with Gasteiger partial charge in [-0.1, -0.05) is 56.1 Å². The lowest BCUT2D eigenvalue weighted by Crippen LogP contribution is -1.96. The standard InChI is InChI=1S/C24H20Br2N2O3/c1-29-19-12-16(13-20(30-2)23(19)31-3)24-27-21(14-4-8-17(25)9-5-14)22(28-24)15-6-10-18(26)11-7-15/h4-13H,1-3H3,(H,27,28). The van der Waals surface area contributed by atoms with Gasteiger partial charge < -0.3 is 19.2 Å². The third-order valence-electron chi connectivity index (χ3n) is 4.89. The van der Waals surface area contributed by atoms with E-state index in [0.717, 1.165) is 37.0 Å². The third-order valence-corrected chi connectivity index (χ3v) is 5.95. The minimum atomic E-state index is 0.543. The first kappa shape index (κ1) is 21.5. The van der Waals surface area contributed by atoms with Gasteiger partial charge >= 0.3 is 0 Å². The normalized spacial score (nSPS) is 10.7. The van der Waals surface area contributed by atoms with Crippen LogP contribution in [0.25, 0.3) is 33.9 Å².